The van der Waals surface area contributed by atoms with Gasteiger partial charge in [-0.1, -0.05) is 24.3 Å². The van der Waals surface area contributed by atoms with Crippen molar-refractivity contribution in [2.75, 3.05) is 51.7 Å². The third kappa shape index (κ3) is 5.31. The number of carbonyl (C=O) groups is 1. The minimum absolute atomic E-state index is 0.0726. The summed E-state index contributed by atoms with van der Waals surface area (Å²) in [5.74, 6) is 0.930. The predicted octanol–water partition coefficient (Wildman–Crippen LogP) is 2.61. The zero-order valence-electron chi connectivity index (χ0n) is 15.1. The summed E-state index contributed by atoms with van der Waals surface area (Å²) >= 11 is 0. The van der Waals surface area contributed by atoms with Gasteiger partial charge in [0.15, 0.2) is 0 Å². The number of amides is 1. The summed E-state index contributed by atoms with van der Waals surface area (Å²) in [5.41, 5.74) is 0.778. The van der Waals surface area contributed by atoms with E-state index in [1.807, 2.05) is 24.3 Å². The molecule has 0 radical (unpaired) electrons. The van der Waals surface area contributed by atoms with Gasteiger partial charge in [-0.05, 0) is 38.4 Å². The summed E-state index contributed by atoms with van der Waals surface area (Å²) in [5, 5.41) is 3.06. The molecule has 1 heterocycles. The number of nitrogens with zero attached hydrogens (tertiary/aromatic N) is 2. The number of rotatable bonds is 6. The zero-order valence-corrected chi connectivity index (χ0v) is 15.1. The molecule has 2 aliphatic rings. The second-order valence-corrected chi connectivity index (χ2v) is 6.96. The van der Waals surface area contributed by atoms with Gasteiger partial charge in [-0.3, -0.25) is 9.69 Å². The maximum atomic E-state index is 12.5. The standard InChI is InChI=1S/C20H29N3O2/c1-22-11-13-23(14-12-22)15-16-25-19-10-6-5-9-18(19)21-20(24)17-7-3-2-4-8-17/h2-3,5-6,9-10,17H,4,7-8,11-16H2,1H3,(H,21,24). The van der Waals surface area contributed by atoms with Crippen LogP contribution in [-0.2, 0) is 4.79 Å². The highest BCUT2D eigenvalue weighted by molar-refractivity contribution is 5.94. The highest BCUT2D eigenvalue weighted by atomic mass is 16.5. The minimum atomic E-state index is 0.0726. The third-order valence-corrected chi connectivity index (χ3v) is 5.05. The number of anilines is 1. The predicted molar refractivity (Wildman–Crippen MR) is 101 cm³/mol. The molecule has 1 aliphatic heterocycles. The second-order valence-electron chi connectivity index (χ2n) is 6.96. The average Bonchev–Trinajstić information content (AvgIpc) is 2.65. The highest BCUT2D eigenvalue weighted by Gasteiger charge is 2.20. The fourth-order valence-corrected chi connectivity index (χ4v) is 3.32. The highest BCUT2D eigenvalue weighted by Crippen LogP contribution is 2.26. The Labute approximate surface area is 150 Å². The molecule has 0 spiro atoms. The van der Waals surface area contributed by atoms with Crippen LogP contribution in [-0.4, -0.2) is 62.1 Å². The number of para-hydroxylation sites is 2. The number of hydrogen-bond acceptors (Lipinski definition) is 4. The quantitative estimate of drug-likeness (QED) is 0.807. The lowest BCUT2D eigenvalue weighted by molar-refractivity contribution is -0.120. The monoisotopic (exact) mass is 343 g/mol. The summed E-state index contributed by atoms with van der Waals surface area (Å²) in [6, 6.07) is 7.73. The summed E-state index contributed by atoms with van der Waals surface area (Å²) in [7, 11) is 2.16. The Morgan fingerprint density at radius 1 is 1.20 bits per heavy atom. The van der Waals surface area contributed by atoms with Crippen molar-refractivity contribution < 1.29 is 9.53 Å². The Kier molecular flexibility index (Phi) is 6.48. The number of ether oxygens (including phenoxy) is 1. The van der Waals surface area contributed by atoms with E-state index in [-0.39, 0.29) is 11.8 Å². The Morgan fingerprint density at radius 3 is 2.76 bits per heavy atom. The molecule has 0 saturated carbocycles. The van der Waals surface area contributed by atoms with Crippen molar-refractivity contribution in [2.24, 2.45) is 5.92 Å². The van der Waals surface area contributed by atoms with Crippen molar-refractivity contribution in [3.63, 3.8) is 0 Å². The number of carbonyl (C=O) groups excluding carboxylic acids is 1. The average molecular weight is 343 g/mol. The van der Waals surface area contributed by atoms with E-state index in [4.69, 9.17) is 4.74 Å². The van der Waals surface area contributed by atoms with E-state index < -0.39 is 0 Å². The lowest BCUT2D eigenvalue weighted by atomic mass is 9.93. The maximum absolute atomic E-state index is 12.5. The smallest absolute Gasteiger partial charge is 0.227 e. The Bertz CT molecular complexity index is 594. The molecule has 3 rings (SSSR count). The van der Waals surface area contributed by atoms with E-state index in [0.717, 1.165) is 63.4 Å². The first kappa shape index (κ1) is 18.0. The summed E-state index contributed by atoms with van der Waals surface area (Å²) in [6.45, 7) is 5.97. The van der Waals surface area contributed by atoms with Gasteiger partial charge in [0.2, 0.25) is 5.91 Å². The summed E-state index contributed by atoms with van der Waals surface area (Å²) in [4.78, 5) is 17.2. The first-order valence-corrected chi connectivity index (χ1v) is 9.31. The molecule has 136 valence electrons. The Hall–Kier alpha value is -1.85. The van der Waals surface area contributed by atoms with Crippen molar-refractivity contribution in [2.45, 2.75) is 19.3 Å². The third-order valence-electron chi connectivity index (χ3n) is 5.05. The van der Waals surface area contributed by atoms with E-state index in [9.17, 15) is 4.79 Å². The largest absolute Gasteiger partial charge is 0.490 e. The van der Waals surface area contributed by atoms with Crippen LogP contribution in [0.2, 0.25) is 0 Å². The van der Waals surface area contributed by atoms with Crippen LogP contribution in [0, 0.1) is 5.92 Å². The van der Waals surface area contributed by atoms with Crippen LogP contribution in [0.25, 0.3) is 0 Å². The minimum Gasteiger partial charge on any atom is -0.490 e. The number of benzene rings is 1. The van der Waals surface area contributed by atoms with E-state index >= 15 is 0 Å². The van der Waals surface area contributed by atoms with Crippen LogP contribution < -0.4 is 10.1 Å². The van der Waals surface area contributed by atoms with E-state index in [0.29, 0.717) is 6.61 Å². The molecule has 0 aromatic heterocycles. The Balaban J connectivity index is 1.50. The number of hydrogen-bond donors (Lipinski definition) is 1. The van der Waals surface area contributed by atoms with Crippen LogP contribution in [0.3, 0.4) is 0 Å². The molecule has 5 heteroatoms. The molecule has 1 aliphatic carbocycles. The molecule has 1 aromatic rings. The molecular weight excluding hydrogens is 314 g/mol. The van der Waals surface area contributed by atoms with Crippen molar-refractivity contribution in [3.8, 4) is 5.75 Å². The summed E-state index contributed by atoms with van der Waals surface area (Å²) in [6.07, 6.45) is 7.00. The maximum Gasteiger partial charge on any atom is 0.227 e. The van der Waals surface area contributed by atoms with Gasteiger partial charge in [0.25, 0.3) is 0 Å². The number of likely N-dealkylation sites (N-methyl/N-ethyl adjacent to an activating group) is 1. The van der Waals surface area contributed by atoms with Gasteiger partial charge >= 0.3 is 0 Å². The first-order chi connectivity index (χ1) is 12.2. The van der Waals surface area contributed by atoms with Crippen LogP contribution in [0.5, 0.6) is 5.75 Å². The first-order valence-electron chi connectivity index (χ1n) is 9.31. The SMILES string of the molecule is CN1CCN(CCOc2ccccc2NC(=O)C2CC=CCC2)CC1. The second kappa shape index (κ2) is 9.02. The molecule has 1 aromatic carbocycles. The zero-order chi connectivity index (χ0) is 17.5. The molecular formula is C20H29N3O2. The topological polar surface area (TPSA) is 44.8 Å². The van der Waals surface area contributed by atoms with Gasteiger partial charge in [-0.2, -0.15) is 0 Å². The molecule has 1 atom stereocenters. The van der Waals surface area contributed by atoms with Crippen LogP contribution >= 0.6 is 0 Å². The number of piperazine rings is 1. The van der Waals surface area contributed by atoms with Gasteiger partial charge in [-0.25, -0.2) is 0 Å². The van der Waals surface area contributed by atoms with Crippen molar-refractivity contribution in [1.82, 2.24) is 9.80 Å². The van der Waals surface area contributed by atoms with Gasteiger partial charge < -0.3 is 15.0 Å². The molecule has 1 fully saturated rings. The van der Waals surface area contributed by atoms with Crippen LogP contribution in [0.15, 0.2) is 36.4 Å². The molecule has 1 unspecified atom stereocenters. The van der Waals surface area contributed by atoms with E-state index in [2.05, 4.69) is 34.3 Å². The van der Waals surface area contributed by atoms with E-state index in [1.165, 1.54) is 0 Å². The van der Waals surface area contributed by atoms with Gasteiger partial charge in [0, 0.05) is 38.6 Å². The number of nitrogens with one attached hydrogen (secondary N) is 1. The van der Waals surface area contributed by atoms with Crippen LogP contribution in [0.1, 0.15) is 19.3 Å². The van der Waals surface area contributed by atoms with E-state index in [1.54, 1.807) is 0 Å². The van der Waals surface area contributed by atoms with Gasteiger partial charge in [-0.15, -0.1) is 0 Å². The lowest BCUT2D eigenvalue weighted by Crippen LogP contribution is -2.45. The van der Waals surface area contributed by atoms with Gasteiger partial charge in [0.1, 0.15) is 12.4 Å². The fraction of sp³-hybridized carbons (Fsp3) is 0.550. The molecule has 25 heavy (non-hydrogen) atoms. The van der Waals surface area contributed by atoms with Crippen LogP contribution in [0.4, 0.5) is 5.69 Å². The molecule has 1 N–H and O–H groups in total. The molecule has 0 bridgehead atoms. The lowest BCUT2D eigenvalue weighted by Gasteiger charge is -2.32. The fourth-order valence-electron chi connectivity index (χ4n) is 3.32. The molecule has 1 saturated heterocycles. The normalized spacial score (nSPS) is 21.9. The molecule has 5 nitrogen and oxygen atoms in total. The van der Waals surface area contributed by atoms with Crippen molar-refractivity contribution in [3.05, 3.63) is 36.4 Å². The Morgan fingerprint density at radius 2 is 2.00 bits per heavy atom. The summed E-state index contributed by atoms with van der Waals surface area (Å²) < 4.78 is 5.97. The number of allylic oxidation sites excluding steroid dienone is 2. The molecule has 1 amide bonds. The van der Waals surface area contributed by atoms with Gasteiger partial charge in [0.05, 0.1) is 5.69 Å². The van der Waals surface area contributed by atoms with Crippen molar-refractivity contribution >= 4 is 11.6 Å². The van der Waals surface area contributed by atoms with Crippen molar-refractivity contribution in [1.29, 1.82) is 0 Å².